The minimum atomic E-state index is -0.158. The van der Waals surface area contributed by atoms with Crippen molar-refractivity contribution in [3.8, 4) is 0 Å². The zero-order valence-corrected chi connectivity index (χ0v) is 8.98. The number of methoxy groups -OCH3 is 1. The fraction of sp³-hybridized carbons (Fsp3) is 0.900. The molecule has 0 aliphatic rings. The third-order valence-corrected chi connectivity index (χ3v) is 2.46. The highest BCUT2D eigenvalue weighted by Gasteiger charge is 2.24. The Morgan fingerprint density at radius 1 is 1.42 bits per heavy atom. The second kappa shape index (κ2) is 5.31. The minimum absolute atomic E-state index is 0.158. The highest BCUT2D eigenvalue weighted by Crippen LogP contribution is 2.16. The van der Waals surface area contributed by atoms with Crippen LogP contribution in [0.15, 0.2) is 4.99 Å². The highest BCUT2D eigenvalue weighted by atomic mass is 16.5. The average Bonchev–Trinajstić information content (AvgIpc) is 2.12. The molecule has 1 unspecified atom stereocenters. The van der Waals surface area contributed by atoms with Gasteiger partial charge in [-0.05, 0) is 26.7 Å². The van der Waals surface area contributed by atoms with E-state index in [1.807, 2.05) is 6.92 Å². The van der Waals surface area contributed by atoms with Crippen molar-refractivity contribution in [1.82, 2.24) is 0 Å². The van der Waals surface area contributed by atoms with Crippen LogP contribution in [0.4, 0.5) is 0 Å². The molecule has 0 amide bonds. The maximum Gasteiger partial charge on any atom is 0.102 e. The fourth-order valence-electron chi connectivity index (χ4n) is 0.995. The first-order valence-corrected chi connectivity index (χ1v) is 4.67. The number of rotatable bonds is 5. The van der Waals surface area contributed by atoms with Gasteiger partial charge >= 0.3 is 0 Å². The summed E-state index contributed by atoms with van der Waals surface area (Å²) in [4.78, 5) is 4.45. The van der Waals surface area contributed by atoms with Crippen LogP contribution >= 0.6 is 0 Å². The first kappa shape index (κ1) is 11.6. The average molecular weight is 171 g/mol. The van der Waals surface area contributed by atoms with E-state index in [-0.39, 0.29) is 5.60 Å². The van der Waals surface area contributed by atoms with Crippen molar-refractivity contribution in [3.05, 3.63) is 0 Å². The second-order valence-electron chi connectivity index (χ2n) is 3.26. The molecule has 0 aliphatic carbocycles. The van der Waals surface area contributed by atoms with E-state index in [1.54, 1.807) is 7.11 Å². The van der Waals surface area contributed by atoms with E-state index in [2.05, 4.69) is 25.8 Å². The van der Waals surface area contributed by atoms with Crippen molar-refractivity contribution in [3.63, 3.8) is 0 Å². The van der Waals surface area contributed by atoms with Crippen LogP contribution in [0.5, 0.6) is 0 Å². The Kier molecular flexibility index (Phi) is 5.14. The molecule has 0 spiro atoms. The molecule has 0 heterocycles. The Bertz CT molecular complexity index is 148. The lowest BCUT2D eigenvalue weighted by molar-refractivity contribution is 0.0624. The molecule has 2 nitrogen and oxygen atoms in total. The summed E-state index contributed by atoms with van der Waals surface area (Å²) in [7, 11) is 1.74. The summed E-state index contributed by atoms with van der Waals surface area (Å²) in [5, 5.41) is 0. The van der Waals surface area contributed by atoms with E-state index in [1.165, 1.54) is 0 Å². The van der Waals surface area contributed by atoms with Gasteiger partial charge in [-0.25, -0.2) is 0 Å². The van der Waals surface area contributed by atoms with Crippen molar-refractivity contribution in [2.45, 2.75) is 46.1 Å². The van der Waals surface area contributed by atoms with Crippen LogP contribution in [0.2, 0.25) is 0 Å². The summed E-state index contributed by atoms with van der Waals surface area (Å²) in [6.07, 6.45) is 2.07. The molecule has 0 fully saturated rings. The van der Waals surface area contributed by atoms with Gasteiger partial charge in [0.05, 0.1) is 0 Å². The van der Waals surface area contributed by atoms with Crippen molar-refractivity contribution in [2.24, 2.45) is 4.99 Å². The molecule has 0 saturated heterocycles. The lowest BCUT2D eigenvalue weighted by atomic mass is 9.98. The molecule has 72 valence electrons. The number of ether oxygens (including phenoxy) is 1. The van der Waals surface area contributed by atoms with Gasteiger partial charge in [-0.1, -0.05) is 13.8 Å². The van der Waals surface area contributed by atoms with E-state index < -0.39 is 0 Å². The fourth-order valence-corrected chi connectivity index (χ4v) is 0.995. The number of hydrogen-bond donors (Lipinski definition) is 0. The lowest BCUT2D eigenvalue weighted by Gasteiger charge is -2.26. The third-order valence-electron chi connectivity index (χ3n) is 2.46. The van der Waals surface area contributed by atoms with Crippen LogP contribution in [-0.4, -0.2) is 25.0 Å². The monoisotopic (exact) mass is 171 g/mol. The van der Waals surface area contributed by atoms with Crippen LogP contribution in [0.3, 0.4) is 0 Å². The summed E-state index contributed by atoms with van der Waals surface area (Å²) >= 11 is 0. The number of hydrogen-bond acceptors (Lipinski definition) is 2. The van der Waals surface area contributed by atoms with Crippen LogP contribution in [-0.2, 0) is 4.74 Å². The van der Waals surface area contributed by atoms with Gasteiger partial charge in [0.15, 0.2) is 0 Å². The molecule has 12 heavy (non-hydrogen) atoms. The molecule has 0 radical (unpaired) electrons. The Hall–Kier alpha value is -0.370. The molecule has 0 aliphatic heterocycles. The van der Waals surface area contributed by atoms with E-state index in [0.717, 1.165) is 25.1 Å². The van der Waals surface area contributed by atoms with Crippen LogP contribution in [0.1, 0.15) is 40.5 Å². The lowest BCUT2D eigenvalue weighted by Crippen LogP contribution is -2.35. The minimum Gasteiger partial charge on any atom is -0.373 e. The molecular formula is C10H21NO. The second-order valence-corrected chi connectivity index (χ2v) is 3.26. The molecule has 0 aromatic heterocycles. The number of nitrogens with zero attached hydrogens (tertiary/aromatic N) is 1. The smallest absolute Gasteiger partial charge is 0.102 e. The molecule has 2 heteroatoms. The predicted octanol–water partition coefficient (Wildman–Crippen LogP) is 2.67. The Balaban J connectivity index is 4.29. The van der Waals surface area contributed by atoms with Crippen molar-refractivity contribution in [1.29, 1.82) is 0 Å². The molecule has 0 bridgehead atoms. The summed E-state index contributed by atoms with van der Waals surface area (Å²) in [5.74, 6) is 0. The maximum absolute atomic E-state index is 5.42. The summed E-state index contributed by atoms with van der Waals surface area (Å²) in [6.45, 7) is 9.29. The highest BCUT2D eigenvalue weighted by molar-refractivity contribution is 5.90. The van der Waals surface area contributed by atoms with Gasteiger partial charge in [0, 0.05) is 19.4 Å². The standard InChI is InChI=1S/C10H21NO/c1-6-8-11-9(3)10(4,7-2)12-5/h6-8H2,1-5H3. The first-order chi connectivity index (χ1) is 5.60. The van der Waals surface area contributed by atoms with E-state index >= 15 is 0 Å². The van der Waals surface area contributed by atoms with E-state index in [4.69, 9.17) is 4.74 Å². The van der Waals surface area contributed by atoms with Gasteiger partial charge in [0.2, 0.25) is 0 Å². The van der Waals surface area contributed by atoms with Gasteiger partial charge in [0.25, 0.3) is 0 Å². The van der Waals surface area contributed by atoms with Crippen molar-refractivity contribution >= 4 is 5.71 Å². The molecule has 0 N–H and O–H groups in total. The quantitative estimate of drug-likeness (QED) is 0.583. The normalized spacial score (nSPS) is 17.6. The summed E-state index contributed by atoms with van der Waals surface area (Å²) in [5.41, 5.74) is 0.948. The Labute approximate surface area is 76.0 Å². The van der Waals surface area contributed by atoms with E-state index in [0.29, 0.717) is 0 Å². The zero-order chi connectivity index (χ0) is 9.61. The molecule has 0 aromatic carbocycles. The van der Waals surface area contributed by atoms with Gasteiger partial charge < -0.3 is 4.74 Å². The first-order valence-electron chi connectivity index (χ1n) is 4.67. The Morgan fingerprint density at radius 3 is 2.33 bits per heavy atom. The summed E-state index contributed by atoms with van der Waals surface area (Å²) in [6, 6.07) is 0. The molecular weight excluding hydrogens is 150 g/mol. The Morgan fingerprint density at radius 2 is 2.00 bits per heavy atom. The molecule has 0 saturated carbocycles. The predicted molar refractivity (Wildman–Crippen MR) is 54.0 cm³/mol. The van der Waals surface area contributed by atoms with Crippen LogP contribution in [0.25, 0.3) is 0 Å². The van der Waals surface area contributed by atoms with Gasteiger partial charge in [0.1, 0.15) is 5.60 Å². The van der Waals surface area contributed by atoms with Crippen LogP contribution < -0.4 is 0 Å². The molecule has 1 atom stereocenters. The topological polar surface area (TPSA) is 21.6 Å². The van der Waals surface area contributed by atoms with E-state index in [9.17, 15) is 0 Å². The van der Waals surface area contributed by atoms with Crippen LogP contribution in [0, 0.1) is 0 Å². The number of aliphatic imine (C=N–C) groups is 1. The molecule has 0 aromatic rings. The van der Waals surface area contributed by atoms with Crippen molar-refractivity contribution in [2.75, 3.05) is 13.7 Å². The van der Waals surface area contributed by atoms with Gasteiger partial charge in [-0.3, -0.25) is 4.99 Å². The molecule has 0 rings (SSSR count). The SMILES string of the molecule is CCCN=C(C)C(C)(CC)OC. The van der Waals surface area contributed by atoms with Gasteiger partial charge in [-0.15, -0.1) is 0 Å². The summed E-state index contributed by atoms with van der Waals surface area (Å²) < 4.78 is 5.42. The maximum atomic E-state index is 5.42. The zero-order valence-electron chi connectivity index (χ0n) is 8.98. The van der Waals surface area contributed by atoms with Crippen molar-refractivity contribution < 1.29 is 4.74 Å². The third kappa shape index (κ3) is 2.94. The van der Waals surface area contributed by atoms with Gasteiger partial charge in [-0.2, -0.15) is 0 Å². The largest absolute Gasteiger partial charge is 0.373 e.